The van der Waals surface area contributed by atoms with Gasteiger partial charge in [-0.15, -0.1) is 0 Å². The van der Waals surface area contributed by atoms with Crippen LogP contribution >= 0.6 is 0 Å². The summed E-state index contributed by atoms with van der Waals surface area (Å²) in [5.74, 6) is 0.445. The lowest BCUT2D eigenvalue weighted by molar-refractivity contribution is 0.851. The Morgan fingerprint density at radius 2 is 1.94 bits per heavy atom. The summed E-state index contributed by atoms with van der Waals surface area (Å²) in [6, 6.07) is 5.71. The highest BCUT2D eigenvalue weighted by Gasteiger charge is 2.06. The summed E-state index contributed by atoms with van der Waals surface area (Å²) in [5, 5.41) is 0. The Kier molecular flexibility index (Phi) is 4.68. The van der Waals surface area contributed by atoms with Gasteiger partial charge in [0.25, 0.3) is 0 Å². The minimum atomic E-state index is 0.121. The van der Waals surface area contributed by atoms with Crippen molar-refractivity contribution < 1.29 is 0 Å². The molecule has 17 heavy (non-hydrogen) atoms. The second-order valence-electron chi connectivity index (χ2n) is 5.15. The van der Waals surface area contributed by atoms with Crippen LogP contribution in [0.25, 0.3) is 0 Å². The summed E-state index contributed by atoms with van der Waals surface area (Å²) in [5.41, 5.74) is 4.80. The maximum Gasteiger partial charge on any atom is 0.181 e. The van der Waals surface area contributed by atoms with Crippen LogP contribution in [0, 0.1) is 6.92 Å². The highest BCUT2D eigenvalue weighted by atomic mass is 16.1. The van der Waals surface area contributed by atoms with Crippen LogP contribution in [0.5, 0.6) is 0 Å². The summed E-state index contributed by atoms with van der Waals surface area (Å²) in [4.78, 5) is 11.7. The zero-order chi connectivity index (χ0) is 13.0. The molecule has 0 N–H and O–H groups in total. The molecule has 0 bridgehead atoms. The molecule has 0 saturated heterocycles. The molecule has 1 rings (SSSR count). The van der Waals surface area contributed by atoms with E-state index in [9.17, 15) is 4.79 Å². The largest absolute Gasteiger partial charge is 0.290 e. The van der Waals surface area contributed by atoms with Gasteiger partial charge in [0.15, 0.2) is 5.43 Å². The van der Waals surface area contributed by atoms with Crippen molar-refractivity contribution in [2.45, 2.75) is 47.0 Å². The minimum Gasteiger partial charge on any atom is -0.290 e. The van der Waals surface area contributed by atoms with E-state index >= 15 is 0 Å². The van der Waals surface area contributed by atoms with Crippen LogP contribution in [0.15, 0.2) is 34.6 Å². The summed E-state index contributed by atoms with van der Waals surface area (Å²) in [7, 11) is 0. The highest BCUT2D eigenvalue weighted by Crippen LogP contribution is 2.19. The Morgan fingerprint density at radius 1 is 1.29 bits per heavy atom. The Bertz CT molecular complexity index is 477. The SMILES string of the molecule is CC(C)=CCc1ccc(=O)c(C)cc1C(C)C. The third kappa shape index (κ3) is 3.85. The van der Waals surface area contributed by atoms with Crippen LogP contribution in [-0.4, -0.2) is 0 Å². The standard InChI is InChI=1S/C16H22O/c1-11(2)6-7-14-8-9-16(17)13(5)10-15(14)12(3)4/h6,8-10,12H,7H2,1-5H3. The predicted octanol–water partition coefficient (Wildman–Crippen LogP) is 3.99. The smallest absolute Gasteiger partial charge is 0.181 e. The molecule has 1 heteroatoms. The quantitative estimate of drug-likeness (QED) is 0.718. The van der Waals surface area contributed by atoms with Crippen molar-refractivity contribution in [3.05, 3.63) is 56.8 Å². The highest BCUT2D eigenvalue weighted by molar-refractivity contribution is 5.33. The molecule has 0 heterocycles. The second-order valence-corrected chi connectivity index (χ2v) is 5.15. The molecule has 1 aromatic rings. The lowest BCUT2D eigenvalue weighted by Gasteiger charge is -2.09. The Balaban J connectivity index is 3.33. The molecule has 0 atom stereocenters. The van der Waals surface area contributed by atoms with E-state index in [2.05, 4.69) is 33.8 Å². The van der Waals surface area contributed by atoms with Crippen molar-refractivity contribution in [2.24, 2.45) is 0 Å². The fraction of sp³-hybridized carbons (Fsp3) is 0.438. The summed E-state index contributed by atoms with van der Waals surface area (Å²) in [6.45, 7) is 10.4. The predicted molar refractivity (Wildman–Crippen MR) is 74.7 cm³/mol. The first-order valence-electron chi connectivity index (χ1n) is 6.19. The number of allylic oxidation sites excluding steroid dienone is 2. The van der Waals surface area contributed by atoms with E-state index in [4.69, 9.17) is 0 Å². The minimum absolute atomic E-state index is 0.121. The monoisotopic (exact) mass is 230 g/mol. The van der Waals surface area contributed by atoms with E-state index in [1.54, 1.807) is 6.07 Å². The fourth-order valence-electron chi connectivity index (χ4n) is 1.84. The van der Waals surface area contributed by atoms with E-state index in [0.717, 1.165) is 12.0 Å². The molecule has 0 saturated carbocycles. The summed E-state index contributed by atoms with van der Waals surface area (Å²) in [6.07, 6.45) is 3.12. The third-order valence-electron chi connectivity index (χ3n) is 2.92. The maximum absolute atomic E-state index is 11.7. The average molecular weight is 230 g/mol. The van der Waals surface area contributed by atoms with Gasteiger partial charge in [0, 0.05) is 0 Å². The van der Waals surface area contributed by atoms with E-state index < -0.39 is 0 Å². The number of aryl methyl sites for hydroxylation is 1. The van der Waals surface area contributed by atoms with Crippen LogP contribution in [0.3, 0.4) is 0 Å². The van der Waals surface area contributed by atoms with Crippen molar-refractivity contribution in [3.8, 4) is 0 Å². The fourth-order valence-corrected chi connectivity index (χ4v) is 1.84. The topological polar surface area (TPSA) is 17.1 Å². The molecule has 0 fully saturated rings. The number of rotatable bonds is 3. The Hall–Kier alpha value is -1.37. The summed E-state index contributed by atoms with van der Waals surface area (Å²) >= 11 is 0. The van der Waals surface area contributed by atoms with Gasteiger partial charge in [-0.2, -0.15) is 0 Å². The molecule has 1 aromatic carbocycles. The van der Waals surface area contributed by atoms with Crippen molar-refractivity contribution in [1.82, 2.24) is 0 Å². The van der Waals surface area contributed by atoms with Gasteiger partial charge < -0.3 is 0 Å². The normalized spacial score (nSPS) is 10.5. The zero-order valence-electron chi connectivity index (χ0n) is 11.5. The van der Waals surface area contributed by atoms with Gasteiger partial charge in [-0.1, -0.05) is 37.6 Å². The van der Waals surface area contributed by atoms with Gasteiger partial charge in [-0.05, 0) is 55.9 Å². The number of hydrogen-bond acceptors (Lipinski definition) is 1. The van der Waals surface area contributed by atoms with E-state index in [-0.39, 0.29) is 5.43 Å². The van der Waals surface area contributed by atoms with Crippen LogP contribution in [0.4, 0.5) is 0 Å². The average Bonchev–Trinajstić information content (AvgIpc) is 2.38. The summed E-state index contributed by atoms with van der Waals surface area (Å²) < 4.78 is 0. The first-order chi connectivity index (χ1) is 7.91. The Labute approximate surface area is 104 Å². The molecule has 0 unspecified atom stereocenters. The van der Waals surface area contributed by atoms with Crippen LogP contribution < -0.4 is 5.43 Å². The van der Waals surface area contributed by atoms with Crippen molar-refractivity contribution in [1.29, 1.82) is 0 Å². The van der Waals surface area contributed by atoms with Gasteiger partial charge in [-0.25, -0.2) is 0 Å². The number of hydrogen-bond donors (Lipinski definition) is 0. The van der Waals surface area contributed by atoms with Crippen LogP contribution in [-0.2, 0) is 6.42 Å². The zero-order valence-corrected chi connectivity index (χ0v) is 11.5. The van der Waals surface area contributed by atoms with Crippen LogP contribution in [0.1, 0.15) is 50.3 Å². The van der Waals surface area contributed by atoms with Gasteiger partial charge in [0.2, 0.25) is 0 Å². The van der Waals surface area contributed by atoms with E-state index in [1.165, 1.54) is 16.7 Å². The van der Waals surface area contributed by atoms with Gasteiger partial charge >= 0.3 is 0 Å². The van der Waals surface area contributed by atoms with E-state index in [1.807, 2.05) is 19.1 Å². The molecule has 0 aliphatic heterocycles. The molecular formula is C16H22O. The molecule has 0 aliphatic rings. The van der Waals surface area contributed by atoms with Gasteiger partial charge in [0.1, 0.15) is 0 Å². The molecule has 1 nitrogen and oxygen atoms in total. The maximum atomic E-state index is 11.7. The van der Waals surface area contributed by atoms with Crippen molar-refractivity contribution in [3.63, 3.8) is 0 Å². The van der Waals surface area contributed by atoms with Gasteiger partial charge in [0.05, 0.1) is 0 Å². The molecule has 0 spiro atoms. The van der Waals surface area contributed by atoms with E-state index in [0.29, 0.717) is 5.92 Å². The van der Waals surface area contributed by atoms with Crippen molar-refractivity contribution >= 4 is 0 Å². The van der Waals surface area contributed by atoms with Crippen LogP contribution in [0.2, 0.25) is 0 Å². The first kappa shape index (κ1) is 13.7. The lowest BCUT2D eigenvalue weighted by Crippen LogP contribution is -1.98. The first-order valence-corrected chi connectivity index (χ1v) is 6.19. The van der Waals surface area contributed by atoms with Gasteiger partial charge in [-0.3, -0.25) is 4.79 Å². The Morgan fingerprint density at radius 3 is 2.47 bits per heavy atom. The second kappa shape index (κ2) is 5.81. The molecule has 0 amide bonds. The molecule has 0 aromatic heterocycles. The molecule has 0 radical (unpaired) electrons. The molecule has 92 valence electrons. The third-order valence-corrected chi connectivity index (χ3v) is 2.92. The van der Waals surface area contributed by atoms with Crippen molar-refractivity contribution in [2.75, 3.05) is 0 Å². The lowest BCUT2D eigenvalue weighted by atomic mass is 9.96. The molecular weight excluding hydrogens is 208 g/mol. The molecule has 0 aliphatic carbocycles.